The molecule has 33 heavy (non-hydrogen) atoms. The lowest BCUT2D eigenvalue weighted by atomic mass is 10.0. The highest BCUT2D eigenvalue weighted by Gasteiger charge is 2.43. The number of rotatable bonds is 4. The minimum Gasteiger partial charge on any atom is -0.368 e. The second-order valence-corrected chi connectivity index (χ2v) is 8.27. The van der Waals surface area contributed by atoms with Crippen LogP contribution in [0.4, 0.5) is 15.8 Å². The van der Waals surface area contributed by atoms with Gasteiger partial charge in [0.05, 0.1) is 11.3 Å². The molecule has 3 aromatic carbocycles. The SMILES string of the molecule is Cc1ccccc1N1C(=O)C(c2ccc(F)cc2)=C(N2CCN(c3ccccc3)CC2)C1=O. The lowest BCUT2D eigenvalue weighted by Gasteiger charge is -2.37. The summed E-state index contributed by atoms with van der Waals surface area (Å²) < 4.78 is 13.6. The number of halogens is 1. The van der Waals surface area contributed by atoms with Crippen LogP contribution in [0.5, 0.6) is 0 Å². The summed E-state index contributed by atoms with van der Waals surface area (Å²) >= 11 is 0. The van der Waals surface area contributed by atoms with Gasteiger partial charge in [-0.2, -0.15) is 0 Å². The molecule has 6 heteroatoms. The fourth-order valence-corrected chi connectivity index (χ4v) is 4.55. The van der Waals surface area contributed by atoms with Crippen molar-refractivity contribution in [2.45, 2.75) is 6.92 Å². The van der Waals surface area contributed by atoms with Gasteiger partial charge in [-0.05, 0) is 48.4 Å². The van der Waals surface area contributed by atoms with Crippen LogP contribution in [-0.4, -0.2) is 42.9 Å². The maximum absolute atomic E-state index is 13.7. The summed E-state index contributed by atoms with van der Waals surface area (Å²) in [5, 5.41) is 0. The molecule has 0 spiro atoms. The molecule has 2 aliphatic heterocycles. The third-order valence-corrected chi connectivity index (χ3v) is 6.27. The Morgan fingerprint density at radius 1 is 0.697 bits per heavy atom. The zero-order chi connectivity index (χ0) is 22.9. The predicted molar refractivity (Wildman–Crippen MR) is 127 cm³/mol. The molecule has 0 atom stereocenters. The van der Waals surface area contributed by atoms with Crippen LogP contribution in [-0.2, 0) is 9.59 Å². The topological polar surface area (TPSA) is 43.9 Å². The third-order valence-electron chi connectivity index (χ3n) is 6.27. The average Bonchev–Trinajstić information content (AvgIpc) is 3.10. The largest absolute Gasteiger partial charge is 0.368 e. The molecule has 0 saturated carbocycles. The van der Waals surface area contributed by atoms with Crippen molar-refractivity contribution in [2.24, 2.45) is 0 Å². The van der Waals surface area contributed by atoms with Crippen LogP contribution in [0.15, 0.2) is 84.6 Å². The van der Waals surface area contributed by atoms with Gasteiger partial charge >= 0.3 is 0 Å². The van der Waals surface area contributed by atoms with Crippen molar-refractivity contribution in [3.05, 3.63) is 102 Å². The minimum absolute atomic E-state index is 0.330. The highest BCUT2D eigenvalue weighted by molar-refractivity contribution is 6.45. The smallest absolute Gasteiger partial charge is 0.282 e. The summed E-state index contributed by atoms with van der Waals surface area (Å²) in [6, 6.07) is 23.3. The molecule has 0 radical (unpaired) electrons. The monoisotopic (exact) mass is 441 g/mol. The molecule has 5 nitrogen and oxygen atoms in total. The number of para-hydroxylation sites is 2. The molecule has 1 fully saturated rings. The second-order valence-electron chi connectivity index (χ2n) is 8.27. The van der Waals surface area contributed by atoms with Gasteiger partial charge in [0.1, 0.15) is 11.5 Å². The number of anilines is 2. The Hall–Kier alpha value is -3.93. The number of hydrogen-bond acceptors (Lipinski definition) is 4. The number of nitrogens with zero attached hydrogens (tertiary/aromatic N) is 3. The Bertz CT molecular complexity index is 1230. The van der Waals surface area contributed by atoms with Crippen LogP contribution in [0.3, 0.4) is 0 Å². The first-order valence-electron chi connectivity index (χ1n) is 11.0. The van der Waals surface area contributed by atoms with E-state index in [1.807, 2.05) is 48.2 Å². The van der Waals surface area contributed by atoms with Gasteiger partial charge in [0, 0.05) is 31.9 Å². The van der Waals surface area contributed by atoms with Crippen LogP contribution in [0.1, 0.15) is 11.1 Å². The molecule has 2 amide bonds. The second kappa shape index (κ2) is 8.54. The van der Waals surface area contributed by atoms with Gasteiger partial charge in [0.2, 0.25) is 0 Å². The highest BCUT2D eigenvalue weighted by Crippen LogP contribution is 2.36. The maximum atomic E-state index is 13.7. The molecule has 0 unspecified atom stereocenters. The van der Waals surface area contributed by atoms with Crippen LogP contribution in [0.2, 0.25) is 0 Å². The first-order valence-corrected chi connectivity index (χ1v) is 11.0. The van der Waals surface area contributed by atoms with Crippen molar-refractivity contribution in [3.63, 3.8) is 0 Å². The number of amides is 2. The van der Waals surface area contributed by atoms with Gasteiger partial charge < -0.3 is 9.80 Å². The zero-order valence-corrected chi connectivity index (χ0v) is 18.4. The molecule has 2 heterocycles. The van der Waals surface area contributed by atoms with E-state index in [0.29, 0.717) is 35.6 Å². The molecular weight excluding hydrogens is 417 g/mol. The maximum Gasteiger partial charge on any atom is 0.282 e. The fraction of sp³-hybridized carbons (Fsp3) is 0.185. The van der Waals surface area contributed by atoms with E-state index in [1.165, 1.54) is 17.0 Å². The van der Waals surface area contributed by atoms with E-state index in [0.717, 1.165) is 24.3 Å². The predicted octanol–water partition coefficient (Wildman–Crippen LogP) is 4.24. The van der Waals surface area contributed by atoms with Crippen LogP contribution in [0, 0.1) is 12.7 Å². The molecule has 5 rings (SSSR count). The van der Waals surface area contributed by atoms with E-state index in [2.05, 4.69) is 17.0 Å². The lowest BCUT2D eigenvalue weighted by Crippen LogP contribution is -2.47. The standard InChI is InChI=1S/C27H24FN3O2/c1-19-7-5-6-10-23(19)31-26(32)24(20-11-13-21(28)14-12-20)25(27(31)33)30-17-15-29(16-18-30)22-8-3-2-4-9-22/h2-14H,15-18H2,1H3. The van der Waals surface area contributed by atoms with Gasteiger partial charge in [0.15, 0.2) is 0 Å². The summed E-state index contributed by atoms with van der Waals surface area (Å²) in [4.78, 5) is 32.8. The van der Waals surface area contributed by atoms with Crippen molar-refractivity contribution in [3.8, 4) is 0 Å². The normalized spacial score (nSPS) is 16.7. The fourth-order valence-electron chi connectivity index (χ4n) is 4.55. The van der Waals surface area contributed by atoms with Crippen molar-refractivity contribution < 1.29 is 14.0 Å². The van der Waals surface area contributed by atoms with Crippen molar-refractivity contribution in [1.29, 1.82) is 0 Å². The van der Waals surface area contributed by atoms with E-state index in [4.69, 9.17) is 0 Å². The first kappa shape index (κ1) is 20.9. The number of piperazine rings is 1. The molecule has 0 aromatic heterocycles. The van der Waals surface area contributed by atoms with E-state index in [1.54, 1.807) is 18.2 Å². The molecule has 1 saturated heterocycles. The number of aryl methyl sites for hydroxylation is 1. The molecule has 166 valence electrons. The number of carbonyl (C=O) groups excluding carboxylic acids is 2. The molecule has 2 aliphatic rings. The zero-order valence-electron chi connectivity index (χ0n) is 18.4. The van der Waals surface area contributed by atoms with E-state index in [-0.39, 0.29) is 17.6 Å². The van der Waals surface area contributed by atoms with Gasteiger partial charge in [0.25, 0.3) is 11.8 Å². The van der Waals surface area contributed by atoms with Gasteiger partial charge in [-0.3, -0.25) is 9.59 Å². The summed E-state index contributed by atoms with van der Waals surface area (Å²) in [5.41, 5.74) is 3.82. The van der Waals surface area contributed by atoms with E-state index >= 15 is 0 Å². The Morgan fingerprint density at radius 3 is 1.97 bits per heavy atom. The van der Waals surface area contributed by atoms with Gasteiger partial charge in [-0.25, -0.2) is 9.29 Å². The molecule has 0 N–H and O–H groups in total. The van der Waals surface area contributed by atoms with Crippen molar-refractivity contribution in [1.82, 2.24) is 4.90 Å². The van der Waals surface area contributed by atoms with E-state index < -0.39 is 0 Å². The highest BCUT2D eigenvalue weighted by atomic mass is 19.1. The van der Waals surface area contributed by atoms with Crippen molar-refractivity contribution in [2.75, 3.05) is 36.0 Å². The van der Waals surface area contributed by atoms with Gasteiger partial charge in [-0.15, -0.1) is 0 Å². The Labute approximate surface area is 192 Å². The summed E-state index contributed by atoms with van der Waals surface area (Å²) in [7, 11) is 0. The Kier molecular flexibility index (Phi) is 5.42. The summed E-state index contributed by atoms with van der Waals surface area (Å²) in [5.74, 6) is -1.09. The summed E-state index contributed by atoms with van der Waals surface area (Å²) in [6.45, 7) is 4.56. The summed E-state index contributed by atoms with van der Waals surface area (Å²) in [6.07, 6.45) is 0. The Morgan fingerprint density at radius 2 is 1.30 bits per heavy atom. The van der Waals surface area contributed by atoms with Crippen LogP contribution >= 0.6 is 0 Å². The number of hydrogen-bond donors (Lipinski definition) is 0. The minimum atomic E-state index is -0.384. The van der Waals surface area contributed by atoms with Gasteiger partial charge in [-0.1, -0.05) is 48.5 Å². The number of benzene rings is 3. The number of carbonyl (C=O) groups is 2. The first-order chi connectivity index (χ1) is 16.0. The quantitative estimate of drug-likeness (QED) is 0.568. The van der Waals surface area contributed by atoms with Crippen molar-refractivity contribution >= 4 is 28.8 Å². The average molecular weight is 442 g/mol. The van der Waals surface area contributed by atoms with E-state index in [9.17, 15) is 14.0 Å². The third kappa shape index (κ3) is 3.78. The van der Waals surface area contributed by atoms with Crippen LogP contribution in [0.25, 0.3) is 5.57 Å². The number of imide groups is 1. The lowest BCUT2D eigenvalue weighted by molar-refractivity contribution is -0.120. The molecule has 0 aliphatic carbocycles. The molecule has 0 bridgehead atoms. The molecule has 3 aromatic rings. The molecular formula is C27H24FN3O2. The Balaban J connectivity index is 1.52. The van der Waals surface area contributed by atoms with Crippen LogP contribution < -0.4 is 9.80 Å².